The molecule has 4 aromatic rings. The average molecular weight is 487 g/mol. The second kappa shape index (κ2) is 10.3. The topological polar surface area (TPSA) is 123 Å². The van der Waals surface area contributed by atoms with Crippen LogP contribution in [0.5, 0.6) is 0 Å². The van der Waals surface area contributed by atoms with Crippen LogP contribution in [0.4, 0.5) is 5.95 Å². The molecule has 2 heterocycles. The highest BCUT2D eigenvalue weighted by molar-refractivity contribution is 7.89. The van der Waals surface area contributed by atoms with Crippen molar-refractivity contribution in [3.63, 3.8) is 0 Å². The number of carbonyl (C=O) groups excluding carboxylic acids is 1. The number of unbranched alkanes of at least 4 members (excludes halogenated alkanes) is 3. The summed E-state index contributed by atoms with van der Waals surface area (Å²) in [6.07, 6.45) is 6.91. The first-order valence-corrected chi connectivity index (χ1v) is 13.0. The molecule has 3 N–H and O–H groups in total. The van der Waals surface area contributed by atoms with E-state index in [1.165, 1.54) is 15.8 Å². The molecule has 0 fully saturated rings. The van der Waals surface area contributed by atoms with Crippen LogP contribution < -0.4 is 11.1 Å². The van der Waals surface area contributed by atoms with Gasteiger partial charge in [-0.15, -0.1) is 0 Å². The molecule has 0 aliphatic heterocycles. The smallest absolute Gasteiger partial charge is 0.244 e. The number of carbonyl (C=O) groups is 1. The summed E-state index contributed by atoms with van der Waals surface area (Å²) < 4.78 is 34.2. The summed E-state index contributed by atoms with van der Waals surface area (Å²) in [5.74, 6) is 0.110. The van der Waals surface area contributed by atoms with Gasteiger partial charge in [-0.05, 0) is 24.3 Å². The summed E-state index contributed by atoms with van der Waals surface area (Å²) in [4.78, 5) is 16.8. The Morgan fingerprint density at radius 3 is 2.73 bits per heavy atom. The second-order valence-corrected chi connectivity index (χ2v) is 10.3. The first kappa shape index (κ1) is 23.1. The Hall–Kier alpha value is -3.02. The highest BCUT2D eigenvalue weighted by Crippen LogP contribution is 2.26. The summed E-state index contributed by atoms with van der Waals surface area (Å²) >= 11 is 1.34. The van der Waals surface area contributed by atoms with E-state index >= 15 is 0 Å². The highest BCUT2D eigenvalue weighted by atomic mass is 32.2. The molecule has 9 nitrogen and oxygen atoms in total. The Morgan fingerprint density at radius 2 is 1.88 bits per heavy atom. The van der Waals surface area contributed by atoms with Crippen LogP contribution in [-0.2, 0) is 14.8 Å². The molecule has 11 heteroatoms. The highest BCUT2D eigenvalue weighted by Gasteiger charge is 2.27. The van der Waals surface area contributed by atoms with Crippen LogP contribution in [-0.4, -0.2) is 52.0 Å². The molecule has 174 valence electrons. The fraction of sp³-hybridized carbons (Fsp3) is 0.318. The van der Waals surface area contributed by atoms with Crippen LogP contribution in [0.25, 0.3) is 15.7 Å². The Morgan fingerprint density at radius 1 is 1.09 bits per heavy atom. The zero-order valence-electron chi connectivity index (χ0n) is 18.1. The molecule has 0 aliphatic rings. The number of aromatic nitrogens is 3. The average Bonchev–Trinajstić information content (AvgIpc) is 3.41. The number of fused-ring (bicyclic) bond motifs is 2. The third-order valence-corrected chi connectivity index (χ3v) is 8.00. The molecule has 0 aliphatic carbocycles. The monoisotopic (exact) mass is 486 g/mol. The van der Waals surface area contributed by atoms with Crippen molar-refractivity contribution in [2.75, 3.05) is 25.0 Å². The molecule has 33 heavy (non-hydrogen) atoms. The summed E-state index contributed by atoms with van der Waals surface area (Å²) in [6.45, 7) is 0.665. The Kier molecular flexibility index (Phi) is 7.21. The van der Waals surface area contributed by atoms with Gasteiger partial charge in [0.25, 0.3) is 0 Å². The molecule has 1 amide bonds. The molecular formula is C22H26N6O3S2. The lowest BCUT2D eigenvalue weighted by atomic mass is 10.1. The van der Waals surface area contributed by atoms with E-state index < -0.39 is 15.9 Å². The van der Waals surface area contributed by atoms with Gasteiger partial charge in [0.15, 0.2) is 0 Å². The van der Waals surface area contributed by atoms with Gasteiger partial charge in [-0.2, -0.15) is 8.68 Å². The van der Waals surface area contributed by atoms with Gasteiger partial charge < -0.3 is 11.1 Å². The number of sulfonamides is 1. The molecule has 0 radical (unpaired) electrons. The maximum atomic E-state index is 13.4. The van der Waals surface area contributed by atoms with E-state index in [0.29, 0.717) is 11.8 Å². The lowest BCUT2D eigenvalue weighted by Crippen LogP contribution is -2.39. The van der Waals surface area contributed by atoms with Gasteiger partial charge in [0.2, 0.25) is 26.8 Å². The number of nitrogens with one attached hydrogen (secondary N) is 1. The van der Waals surface area contributed by atoms with Gasteiger partial charge in [0.1, 0.15) is 0 Å². The van der Waals surface area contributed by atoms with Crippen LogP contribution in [0.15, 0.2) is 59.8 Å². The van der Waals surface area contributed by atoms with Crippen LogP contribution in [0.3, 0.4) is 0 Å². The number of nitrogens with zero attached hydrogens (tertiary/aromatic N) is 4. The van der Waals surface area contributed by atoms with E-state index in [1.54, 1.807) is 30.5 Å². The standard InChI is InChI=1S/C22H26N6O3S2/c23-20(29)16-27(33(30,31)19-11-7-9-17-8-3-4-10-18(17)19)14-6-2-1-5-12-24-21-26-32-22-25-13-15-28(21)22/h3-4,7-11,13,15H,1-2,5-6,12,14,16H2,(H2,23,29)(H,24,26). The Labute approximate surface area is 196 Å². The van der Waals surface area contributed by atoms with Crippen molar-refractivity contribution in [1.82, 2.24) is 18.1 Å². The zero-order chi connectivity index (χ0) is 23.3. The summed E-state index contributed by atoms with van der Waals surface area (Å²) in [5, 5.41) is 4.76. The Bertz CT molecular complexity index is 1340. The lowest BCUT2D eigenvalue weighted by molar-refractivity contribution is -0.118. The van der Waals surface area contributed by atoms with Gasteiger partial charge in [-0.3, -0.25) is 9.20 Å². The first-order chi connectivity index (χ1) is 16.0. The number of rotatable bonds is 12. The molecule has 4 rings (SSSR count). The van der Waals surface area contributed by atoms with E-state index in [0.717, 1.165) is 42.1 Å². The summed E-state index contributed by atoms with van der Waals surface area (Å²) in [7, 11) is -3.86. The van der Waals surface area contributed by atoms with Crippen LogP contribution in [0, 0.1) is 0 Å². The summed E-state index contributed by atoms with van der Waals surface area (Å²) in [5.41, 5.74) is 5.36. The van der Waals surface area contributed by atoms with Crippen LogP contribution in [0.1, 0.15) is 25.7 Å². The fourth-order valence-corrected chi connectivity index (χ4v) is 6.07. The largest absolute Gasteiger partial charge is 0.369 e. The maximum absolute atomic E-state index is 13.4. The lowest BCUT2D eigenvalue weighted by Gasteiger charge is -2.21. The van der Waals surface area contributed by atoms with Crippen molar-refractivity contribution in [2.24, 2.45) is 5.73 Å². The molecule has 0 bridgehead atoms. The third-order valence-electron chi connectivity index (χ3n) is 5.37. The number of hydrogen-bond acceptors (Lipinski definition) is 7. The third kappa shape index (κ3) is 5.32. The van der Waals surface area contributed by atoms with Crippen molar-refractivity contribution in [3.05, 3.63) is 54.9 Å². The number of imidazole rings is 1. The molecule has 0 spiro atoms. The van der Waals surface area contributed by atoms with E-state index in [4.69, 9.17) is 5.73 Å². The number of benzene rings is 2. The van der Waals surface area contributed by atoms with Gasteiger partial charge in [-0.1, -0.05) is 49.2 Å². The normalized spacial score (nSPS) is 12.0. The van der Waals surface area contributed by atoms with E-state index in [1.807, 2.05) is 28.8 Å². The quantitative estimate of drug-likeness (QED) is 0.297. The first-order valence-electron chi connectivity index (χ1n) is 10.8. The van der Waals surface area contributed by atoms with Crippen LogP contribution >= 0.6 is 11.5 Å². The molecule has 0 saturated heterocycles. The number of primary amides is 1. The maximum Gasteiger partial charge on any atom is 0.244 e. The van der Waals surface area contributed by atoms with Crippen molar-refractivity contribution in [3.8, 4) is 0 Å². The number of hydrogen-bond donors (Lipinski definition) is 2. The van der Waals surface area contributed by atoms with Crippen LogP contribution in [0.2, 0.25) is 0 Å². The molecule has 0 unspecified atom stereocenters. The van der Waals surface area contributed by atoms with Gasteiger partial charge in [0.05, 0.1) is 11.4 Å². The van der Waals surface area contributed by atoms with Crippen molar-refractivity contribution >= 4 is 49.1 Å². The predicted molar refractivity (Wildman–Crippen MR) is 130 cm³/mol. The van der Waals surface area contributed by atoms with E-state index in [9.17, 15) is 13.2 Å². The van der Waals surface area contributed by atoms with Crippen molar-refractivity contribution in [2.45, 2.75) is 30.6 Å². The minimum absolute atomic E-state index is 0.195. The molecule has 0 atom stereocenters. The molecule has 2 aromatic heterocycles. The number of anilines is 1. The predicted octanol–water partition coefficient (Wildman–Crippen LogP) is 3.09. The minimum Gasteiger partial charge on any atom is -0.369 e. The fourth-order valence-electron chi connectivity index (χ4n) is 3.75. The van der Waals surface area contributed by atoms with E-state index in [2.05, 4.69) is 14.7 Å². The van der Waals surface area contributed by atoms with Crippen molar-refractivity contribution < 1.29 is 13.2 Å². The number of nitrogens with two attached hydrogens (primary N) is 1. The van der Waals surface area contributed by atoms with Gasteiger partial charge in [0, 0.05) is 42.4 Å². The number of amides is 1. The molecule has 0 saturated carbocycles. The van der Waals surface area contributed by atoms with E-state index in [-0.39, 0.29) is 18.0 Å². The summed E-state index contributed by atoms with van der Waals surface area (Å²) in [6, 6.07) is 12.5. The van der Waals surface area contributed by atoms with Gasteiger partial charge in [-0.25, -0.2) is 13.4 Å². The van der Waals surface area contributed by atoms with Crippen molar-refractivity contribution in [1.29, 1.82) is 0 Å². The molecule has 2 aromatic carbocycles. The van der Waals surface area contributed by atoms with Gasteiger partial charge >= 0.3 is 0 Å². The second-order valence-electron chi connectivity index (χ2n) is 7.71. The zero-order valence-corrected chi connectivity index (χ0v) is 19.7. The SMILES string of the molecule is NC(=O)CN(CCCCCCNc1nsc2nccn12)S(=O)(=O)c1cccc2ccccc12. The molecular weight excluding hydrogens is 460 g/mol. The minimum atomic E-state index is -3.86. The Balaban J connectivity index is 1.32.